The van der Waals surface area contributed by atoms with Gasteiger partial charge in [-0.2, -0.15) is 13.2 Å². The number of benzene rings is 1. The number of anilines is 1. The van der Waals surface area contributed by atoms with Gasteiger partial charge in [-0.05, 0) is 46.1 Å². The van der Waals surface area contributed by atoms with Crippen molar-refractivity contribution in [2.24, 2.45) is 0 Å². The molecule has 4 nitrogen and oxygen atoms in total. The third-order valence-corrected chi connectivity index (χ3v) is 4.44. The predicted molar refractivity (Wildman–Crippen MR) is 88.6 cm³/mol. The maximum atomic E-state index is 13.3. The van der Waals surface area contributed by atoms with Gasteiger partial charge in [0.2, 0.25) is 5.95 Å². The molecule has 134 valence electrons. The van der Waals surface area contributed by atoms with Crippen LogP contribution in [0.1, 0.15) is 17.5 Å². The van der Waals surface area contributed by atoms with E-state index in [0.717, 1.165) is 29.1 Å². The Morgan fingerprint density at radius 3 is 2.64 bits per heavy atom. The lowest BCUT2D eigenvalue weighted by Gasteiger charge is -2.18. The van der Waals surface area contributed by atoms with Gasteiger partial charge in [0.05, 0.1) is 10.0 Å². The first kappa shape index (κ1) is 18.1. The van der Waals surface area contributed by atoms with E-state index in [9.17, 15) is 17.6 Å². The number of rotatable bonds is 4. The van der Waals surface area contributed by atoms with Crippen molar-refractivity contribution >= 4 is 21.9 Å². The molecule has 1 fully saturated rings. The standard InChI is InChI=1S/C16H15BrF4N4/c17-11-7-23-15(24-8-11)25-4-3-13(9-25)22-6-10-5-12(18)1-2-14(10)16(19,20)21/h1-2,5,7-8,13,22H,3-4,6,9H2/t13-/m0/s1. The third kappa shape index (κ3) is 4.46. The van der Waals surface area contributed by atoms with E-state index in [1.807, 2.05) is 4.90 Å². The van der Waals surface area contributed by atoms with Crippen LogP contribution in [0.5, 0.6) is 0 Å². The molecular formula is C16H15BrF4N4. The van der Waals surface area contributed by atoms with Gasteiger partial charge in [0.15, 0.2) is 0 Å². The van der Waals surface area contributed by atoms with E-state index >= 15 is 0 Å². The van der Waals surface area contributed by atoms with Gasteiger partial charge in [-0.15, -0.1) is 0 Å². The van der Waals surface area contributed by atoms with Crippen molar-refractivity contribution < 1.29 is 17.6 Å². The summed E-state index contributed by atoms with van der Waals surface area (Å²) in [5, 5.41) is 3.08. The summed E-state index contributed by atoms with van der Waals surface area (Å²) in [5.41, 5.74) is -0.904. The third-order valence-electron chi connectivity index (χ3n) is 4.03. The van der Waals surface area contributed by atoms with Gasteiger partial charge in [0.25, 0.3) is 0 Å². The molecule has 9 heteroatoms. The van der Waals surface area contributed by atoms with Gasteiger partial charge < -0.3 is 10.2 Å². The highest BCUT2D eigenvalue weighted by Gasteiger charge is 2.33. The van der Waals surface area contributed by atoms with Crippen molar-refractivity contribution in [1.82, 2.24) is 15.3 Å². The Hall–Kier alpha value is -1.74. The monoisotopic (exact) mass is 418 g/mol. The highest BCUT2D eigenvalue weighted by Crippen LogP contribution is 2.32. The first-order chi connectivity index (χ1) is 11.8. The van der Waals surface area contributed by atoms with Crippen LogP contribution in [0.2, 0.25) is 0 Å². The molecule has 1 atom stereocenters. The van der Waals surface area contributed by atoms with Crippen molar-refractivity contribution in [2.75, 3.05) is 18.0 Å². The molecule has 1 aliphatic heterocycles. The molecule has 1 aromatic carbocycles. The molecule has 2 aromatic rings. The largest absolute Gasteiger partial charge is 0.416 e. The normalized spacial score (nSPS) is 18.0. The second-order valence-corrected chi connectivity index (χ2v) is 6.73. The number of aromatic nitrogens is 2. The summed E-state index contributed by atoms with van der Waals surface area (Å²) >= 11 is 3.27. The number of hydrogen-bond acceptors (Lipinski definition) is 4. The lowest BCUT2D eigenvalue weighted by Crippen LogP contribution is -2.33. The van der Waals surface area contributed by atoms with Crippen LogP contribution in [0.25, 0.3) is 0 Å². The van der Waals surface area contributed by atoms with Gasteiger partial charge in [-0.1, -0.05) is 0 Å². The topological polar surface area (TPSA) is 41.0 Å². The van der Waals surface area contributed by atoms with Crippen LogP contribution in [-0.4, -0.2) is 29.1 Å². The molecule has 0 aliphatic carbocycles. The minimum atomic E-state index is -4.50. The minimum Gasteiger partial charge on any atom is -0.339 e. The average molecular weight is 419 g/mol. The molecule has 1 aliphatic rings. The summed E-state index contributed by atoms with van der Waals surface area (Å²) in [6, 6.07) is 2.52. The van der Waals surface area contributed by atoms with Crippen LogP contribution >= 0.6 is 15.9 Å². The van der Waals surface area contributed by atoms with E-state index in [-0.39, 0.29) is 18.2 Å². The van der Waals surface area contributed by atoms with Crippen LogP contribution in [0.4, 0.5) is 23.5 Å². The van der Waals surface area contributed by atoms with E-state index in [0.29, 0.717) is 19.0 Å². The maximum absolute atomic E-state index is 13.3. The Balaban J connectivity index is 1.63. The molecule has 0 amide bonds. The molecule has 0 bridgehead atoms. The maximum Gasteiger partial charge on any atom is 0.416 e. The minimum absolute atomic E-state index is 0.0170. The van der Waals surface area contributed by atoms with Crippen molar-refractivity contribution in [3.63, 3.8) is 0 Å². The zero-order valence-corrected chi connectivity index (χ0v) is 14.6. The van der Waals surface area contributed by atoms with E-state index in [1.54, 1.807) is 12.4 Å². The van der Waals surface area contributed by atoms with E-state index in [1.165, 1.54) is 0 Å². The zero-order valence-electron chi connectivity index (χ0n) is 13.0. The average Bonchev–Trinajstić information content (AvgIpc) is 3.01. The molecule has 0 spiro atoms. The molecular weight excluding hydrogens is 404 g/mol. The lowest BCUT2D eigenvalue weighted by molar-refractivity contribution is -0.138. The van der Waals surface area contributed by atoms with Crippen LogP contribution in [0.3, 0.4) is 0 Å². The second-order valence-electron chi connectivity index (χ2n) is 5.81. The summed E-state index contributed by atoms with van der Waals surface area (Å²) < 4.78 is 53.2. The number of nitrogens with zero attached hydrogens (tertiary/aromatic N) is 3. The number of alkyl halides is 3. The van der Waals surface area contributed by atoms with Gasteiger partial charge in [0.1, 0.15) is 5.82 Å². The first-order valence-electron chi connectivity index (χ1n) is 7.64. The van der Waals surface area contributed by atoms with Crippen LogP contribution in [-0.2, 0) is 12.7 Å². The molecule has 3 rings (SSSR count). The van der Waals surface area contributed by atoms with Crippen LogP contribution < -0.4 is 10.2 Å². The van der Waals surface area contributed by atoms with Crippen molar-refractivity contribution in [2.45, 2.75) is 25.2 Å². The fourth-order valence-electron chi connectivity index (χ4n) is 2.82. The van der Waals surface area contributed by atoms with Gasteiger partial charge in [0, 0.05) is 38.1 Å². The Bertz CT molecular complexity index is 736. The molecule has 25 heavy (non-hydrogen) atoms. The molecule has 1 saturated heterocycles. The summed E-state index contributed by atoms with van der Waals surface area (Å²) in [4.78, 5) is 10.4. The Labute approximate surface area is 150 Å². The second kappa shape index (κ2) is 7.25. The molecule has 0 radical (unpaired) electrons. The quantitative estimate of drug-likeness (QED) is 0.767. The SMILES string of the molecule is Fc1ccc(C(F)(F)F)c(CN[C@H]2CCN(c3ncc(Br)cn3)C2)c1. The number of hydrogen-bond donors (Lipinski definition) is 1. The number of halogens is 5. The van der Waals surface area contributed by atoms with E-state index in [4.69, 9.17) is 0 Å². The Morgan fingerprint density at radius 2 is 1.96 bits per heavy atom. The molecule has 1 N–H and O–H groups in total. The van der Waals surface area contributed by atoms with Gasteiger partial charge in [-0.3, -0.25) is 0 Å². The fourth-order valence-corrected chi connectivity index (χ4v) is 3.02. The molecule has 0 unspecified atom stereocenters. The highest BCUT2D eigenvalue weighted by atomic mass is 79.9. The fraction of sp³-hybridized carbons (Fsp3) is 0.375. The smallest absolute Gasteiger partial charge is 0.339 e. The zero-order chi connectivity index (χ0) is 18.0. The van der Waals surface area contributed by atoms with E-state index in [2.05, 4.69) is 31.2 Å². The summed E-state index contributed by atoms with van der Waals surface area (Å²) in [5.74, 6) is -0.102. The van der Waals surface area contributed by atoms with Crippen LogP contribution in [0.15, 0.2) is 35.1 Å². The van der Waals surface area contributed by atoms with Gasteiger partial charge >= 0.3 is 6.18 Å². The summed E-state index contributed by atoms with van der Waals surface area (Å²) in [6.45, 7) is 1.24. The Morgan fingerprint density at radius 1 is 1.24 bits per heavy atom. The van der Waals surface area contributed by atoms with Gasteiger partial charge in [-0.25, -0.2) is 14.4 Å². The first-order valence-corrected chi connectivity index (χ1v) is 8.44. The summed E-state index contributed by atoms with van der Waals surface area (Å²) in [6.07, 6.45) is -0.468. The molecule has 1 aromatic heterocycles. The highest BCUT2D eigenvalue weighted by molar-refractivity contribution is 9.10. The lowest BCUT2D eigenvalue weighted by atomic mass is 10.1. The Kier molecular flexibility index (Phi) is 5.24. The van der Waals surface area contributed by atoms with E-state index < -0.39 is 17.6 Å². The van der Waals surface area contributed by atoms with Crippen molar-refractivity contribution in [1.29, 1.82) is 0 Å². The number of nitrogens with one attached hydrogen (secondary N) is 1. The van der Waals surface area contributed by atoms with Crippen molar-refractivity contribution in [3.8, 4) is 0 Å². The summed E-state index contributed by atoms with van der Waals surface area (Å²) in [7, 11) is 0. The predicted octanol–water partition coefficient (Wildman–Crippen LogP) is 3.77. The van der Waals surface area contributed by atoms with Crippen LogP contribution in [0, 0.1) is 5.82 Å². The molecule has 2 heterocycles. The van der Waals surface area contributed by atoms with Crippen molar-refractivity contribution in [3.05, 3.63) is 52.0 Å². The molecule has 0 saturated carbocycles.